The van der Waals surface area contributed by atoms with Gasteiger partial charge >= 0.3 is 5.97 Å². The Morgan fingerprint density at radius 3 is 2.78 bits per heavy atom. The predicted octanol–water partition coefficient (Wildman–Crippen LogP) is 3.99. The Morgan fingerprint density at radius 1 is 1.22 bits per heavy atom. The number of hydrogen-bond donors (Lipinski definition) is 1. The standard InChI is InChI=1S/C19H18N2O4S2/c1-12(18(23)21-15-5-3-4-6-16(15)24-2)25-17(22)9-14-11-27-19(20-14)13-7-8-26-10-13/h3-8,10-12H,9H2,1-2H3,(H,21,23)/t12-/m1/s1. The molecule has 6 nitrogen and oxygen atoms in total. The van der Waals surface area contributed by atoms with Crippen molar-refractivity contribution in [3.8, 4) is 16.3 Å². The van der Waals surface area contributed by atoms with Gasteiger partial charge in [0.15, 0.2) is 6.10 Å². The van der Waals surface area contributed by atoms with Gasteiger partial charge in [-0.15, -0.1) is 11.3 Å². The molecule has 0 aliphatic heterocycles. The van der Waals surface area contributed by atoms with E-state index in [9.17, 15) is 9.59 Å². The molecule has 0 unspecified atom stereocenters. The normalized spacial score (nSPS) is 11.6. The molecule has 1 amide bonds. The van der Waals surface area contributed by atoms with Crippen LogP contribution in [0.5, 0.6) is 5.75 Å². The van der Waals surface area contributed by atoms with Crippen LogP contribution in [0.1, 0.15) is 12.6 Å². The van der Waals surface area contributed by atoms with Gasteiger partial charge in [0.05, 0.1) is 24.9 Å². The van der Waals surface area contributed by atoms with E-state index < -0.39 is 18.0 Å². The average molecular weight is 402 g/mol. The Kier molecular flexibility index (Phi) is 6.20. The molecule has 1 aromatic carbocycles. The highest BCUT2D eigenvalue weighted by Crippen LogP contribution is 2.26. The molecule has 2 heterocycles. The number of rotatable bonds is 7. The number of methoxy groups -OCH3 is 1. The second-order valence-electron chi connectivity index (χ2n) is 5.65. The summed E-state index contributed by atoms with van der Waals surface area (Å²) in [6, 6.07) is 9.01. The lowest BCUT2D eigenvalue weighted by molar-refractivity contribution is -0.152. The molecule has 0 spiro atoms. The number of ether oxygens (including phenoxy) is 2. The van der Waals surface area contributed by atoms with Crippen LogP contribution in [0, 0.1) is 0 Å². The third kappa shape index (κ3) is 4.93. The van der Waals surface area contributed by atoms with Crippen LogP contribution in [-0.4, -0.2) is 30.1 Å². The number of nitrogens with zero attached hydrogens (tertiary/aromatic N) is 1. The number of carbonyl (C=O) groups is 2. The van der Waals surface area contributed by atoms with Gasteiger partial charge in [-0.25, -0.2) is 4.98 Å². The molecule has 0 saturated heterocycles. The highest BCUT2D eigenvalue weighted by atomic mass is 32.1. The summed E-state index contributed by atoms with van der Waals surface area (Å²) in [5.74, 6) is -0.391. The summed E-state index contributed by atoms with van der Waals surface area (Å²) in [5, 5.41) is 9.37. The van der Waals surface area contributed by atoms with E-state index in [2.05, 4.69) is 10.3 Å². The largest absolute Gasteiger partial charge is 0.495 e. The molecule has 1 N–H and O–H groups in total. The van der Waals surface area contributed by atoms with Crippen molar-refractivity contribution in [3.63, 3.8) is 0 Å². The Bertz CT molecular complexity index is 921. The van der Waals surface area contributed by atoms with Crippen molar-refractivity contribution >= 4 is 40.2 Å². The molecule has 3 rings (SSSR count). The highest BCUT2D eigenvalue weighted by molar-refractivity contribution is 7.14. The van der Waals surface area contributed by atoms with E-state index in [1.807, 2.05) is 22.2 Å². The van der Waals surface area contributed by atoms with Crippen LogP contribution in [-0.2, 0) is 20.7 Å². The number of amides is 1. The van der Waals surface area contributed by atoms with Gasteiger partial charge < -0.3 is 14.8 Å². The molecule has 0 aliphatic carbocycles. The van der Waals surface area contributed by atoms with Crippen molar-refractivity contribution in [2.24, 2.45) is 0 Å². The number of para-hydroxylation sites is 2. The van der Waals surface area contributed by atoms with E-state index in [0.717, 1.165) is 10.6 Å². The molecule has 0 bridgehead atoms. The lowest BCUT2D eigenvalue weighted by atomic mass is 10.2. The molecule has 0 fully saturated rings. The molecular formula is C19H18N2O4S2. The summed E-state index contributed by atoms with van der Waals surface area (Å²) in [6.07, 6.45) is -0.912. The first-order chi connectivity index (χ1) is 13.1. The van der Waals surface area contributed by atoms with E-state index in [0.29, 0.717) is 17.1 Å². The number of carbonyl (C=O) groups excluding carboxylic acids is 2. The molecule has 3 aromatic rings. The molecule has 2 aromatic heterocycles. The average Bonchev–Trinajstić information content (AvgIpc) is 3.33. The zero-order chi connectivity index (χ0) is 19.2. The van der Waals surface area contributed by atoms with Crippen molar-refractivity contribution in [1.82, 2.24) is 4.98 Å². The second kappa shape index (κ2) is 8.79. The van der Waals surface area contributed by atoms with E-state index in [-0.39, 0.29) is 6.42 Å². The van der Waals surface area contributed by atoms with Gasteiger partial charge in [-0.3, -0.25) is 9.59 Å². The fourth-order valence-electron chi connectivity index (χ4n) is 2.33. The minimum Gasteiger partial charge on any atom is -0.495 e. The number of aromatic nitrogens is 1. The van der Waals surface area contributed by atoms with Crippen molar-refractivity contribution < 1.29 is 19.1 Å². The first-order valence-electron chi connectivity index (χ1n) is 8.17. The van der Waals surface area contributed by atoms with Crippen molar-refractivity contribution in [3.05, 3.63) is 52.2 Å². The van der Waals surface area contributed by atoms with Gasteiger partial charge in [0.25, 0.3) is 5.91 Å². The smallest absolute Gasteiger partial charge is 0.312 e. The van der Waals surface area contributed by atoms with Crippen LogP contribution < -0.4 is 10.1 Å². The minimum atomic E-state index is -0.933. The predicted molar refractivity (Wildman–Crippen MR) is 106 cm³/mol. The van der Waals surface area contributed by atoms with Gasteiger partial charge in [-0.05, 0) is 30.5 Å². The van der Waals surface area contributed by atoms with Crippen molar-refractivity contribution in [2.75, 3.05) is 12.4 Å². The second-order valence-corrected chi connectivity index (χ2v) is 7.29. The topological polar surface area (TPSA) is 77.5 Å². The Hall–Kier alpha value is -2.71. The number of nitrogens with one attached hydrogen (secondary N) is 1. The van der Waals surface area contributed by atoms with Gasteiger partial charge in [-0.1, -0.05) is 12.1 Å². The summed E-state index contributed by atoms with van der Waals surface area (Å²) >= 11 is 3.07. The summed E-state index contributed by atoms with van der Waals surface area (Å²) in [6.45, 7) is 1.53. The van der Waals surface area contributed by atoms with Crippen LogP contribution in [0.4, 0.5) is 5.69 Å². The van der Waals surface area contributed by atoms with E-state index >= 15 is 0 Å². The molecular weight excluding hydrogens is 384 g/mol. The van der Waals surface area contributed by atoms with E-state index in [4.69, 9.17) is 9.47 Å². The molecule has 0 saturated carbocycles. The SMILES string of the molecule is COc1ccccc1NC(=O)[C@@H](C)OC(=O)Cc1csc(-c2ccsc2)n1. The lowest BCUT2D eigenvalue weighted by Gasteiger charge is -2.14. The first kappa shape index (κ1) is 19.1. The molecule has 27 heavy (non-hydrogen) atoms. The van der Waals surface area contributed by atoms with Crippen molar-refractivity contribution in [1.29, 1.82) is 0 Å². The number of thiophene rings is 1. The summed E-state index contributed by atoms with van der Waals surface area (Å²) in [7, 11) is 1.52. The summed E-state index contributed by atoms with van der Waals surface area (Å²) in [5.41, 5.74) is 2.19. The molecule has 0 radical (unpaired) electrons. The van der Waals surface area contributed by atoms with Crippen molar-refractivity contribution in [2.45, 2.75) is 19.4 Å². The monoisotopic (exact) mass is 402 g/mol. The number of thiazole rings is 1. The van der Waals surface area contributed by atoms with Crippen LogP contribution in [0.2, 0.25) is 0 Å². The Balaban J connectivity index is 1.55. The molecule has 0 aliphatic rings. The maximum atomic E-state index is 12.3. The van der Waals surface area contributed by atoms with E-state index in [1.165, 1.54) is 25.4 Å². The molecule has 8 heteroatoms. The van der Waals surface area contributed by atoms with Crippen LogP contribution >= 0.6 is 22.7 Å². The third-order valence-corrected chi connectivity index (χ3v) is 5.31. The van der Waals surface area contributed by atoms with Gasteiger partial charge in [-0.2, -0.15) is 11.3 Å². The van der Waals surface area contributed by atoms with Gasteiger partial charge in [0.2, 0.25) is 0 Å². The maximum Gasteiger partial charge on any atom is 0.312 e. The van der Waals surface area contributed by atoms with Crippen LogP contribution in [0.3, 0.4) is 0 Å². The van der Waals surface area contributed by atoms with Crippen LogP contribution in [0.15, 0.2) is 46.5 Å². The quantitative estimate of drug-likeness (QED) is 0.605. The van der Waals surface area contributed by atoms with E-state index in [1.54, 1.807) is 35.6 Å². The zero-order valence-corrected chi connectivity index (χ0v) is 16.4. The Labute approximate surface area is 164 Å². The summed E-state index contributed by atoms with van der Waals surface area (Å²) in [4.78, 5) is 28.9. The Morgan fingerprint density at radius 2 is 2.04 bits per heavy atom. The molecule has 1 atom stereocenters. The number of benzene rings is 1. The molecule has 140 valence electrons. The minimum absolute atomic E-state index is 0.0207. The highest BCUT2D eigenvalue weighted by Gasteiger charge is 2.20. The fraction of sp³-hybridized carbons (Fsp3) is 0.211. The van der Waals surface area contributed by atoms with Gasteiger partial charge in [0, 0.05) is 16.3 Å². The number of anilines is 1. The number of hydrogen-bond acceptors (Lipinski definition) is 7. The summed E-state index contributed by atoms with van der Waals surface area (Å²) < 4.78 is 10.4. The van der Waals surface area contributed by atoms with Gasteiger partial charge in [0.1, 0.15) is 10.8 Å². The zero-order valence-electron chi connectivity index (χ0n) is 14.8. The fourth-order valence-corrected chi connectivity index (χ4v) is 3.86. The first-order valence-corrected chi connectivity index (χ1v) is 9.99. The maximum absolute atomic E-state index is 12.3. The van der Waals surface area contributed by atoms with Crippen LogP contribution in [0.25, 0.3) is 10.6 Å². The third-order valence-electron chi connectivity index (χ3n) is 3.69. The lowest BCUT2D eigenvalue weighted by Crippen LogP contribution is -2.30. The number of esters is 1.